The summed E-state index contributed by atoms with van der Waals surface area (Å²) in [5.41, 5.74) is 1.33. The Balaban J connectivity index is 0.00000312. The molecule has 1 aromatic carbocycles. The van der Waals surface area contributed by atoms with Gasteiger partial charge in [0.25, 0.3) is 0 Å². The van der Waals surface area contributed by atoms with E-state index in [1.807, 2.05) is 19.2 Å². The first-order valence-electron chi connectivity index (χ1n) is 8.18. The summed E-state index contributed by atoms with van der Waals surface area (Å²) in [4.78, 5) is 6.72. The van der Waals surface area contributed by atoms with Gasteiger partial charge in [0.05, 0.1) is 21.3 Å². The molecule has 0 unspecified atom stereocenters. The first-order valence-corrected chi connectivity index (χ1v) is 8.18. The Hall–Kier alpha value is -1.38. The quantitative estimate of drug-likeness (QED) is 0.413. The zero-order valence-electron chi connectivity index (χ0n) is 16.0. The second-order valence-electron chi connectivity index (χ2n) is 6.76. The molecule has 0 radical (unpaired) electrons. The molecule has 2 rings (SSSR count). The lowest BCUT2D eigenvalue weighted by molar-refractivity contribution is 0.347. The number of hydrogen-bond donors (Lipinski definition) is 1. The summed E-state index contributed by atoms with van der Waals surface area (Å²) < 4.78 is 16.2. The lowest BCUT2D eigenvalue weighted by atomic mass is 9.93. The predicted molar refractivity (Wildman–Crippen MR) is 112 cm³/mol. The van der Waals surface area contributed by atoms with Gasteiger partial charge in [-0.25, -0.2) is 0 Å². The van der Waals surface area contributed by atoms with Crippen molar-refractivity contribution in [2.75, 3.05) is 41.5 Å². The third-order valence-electron chi connectivity index (χ3n) is 4.41. The van der Waals surface area contributed by atoms with Crippen LogP contribution in [0.2, 0.25) is 0 Å². The lowest BCUT2D eigenvalue weighted by Crippen LogP contribution is -2.40. The predicted octanol–water partition coefficient (Wildman–Crippen LogP) is 3.14. The molecule has 1 N–H and O–H groups in total. The Morgan fingerprint density at radius 1 is 1.12 bits per heavy atom. The van der Waals surface area contributed by atoms with Crippen LogP contribution in [0.25, 0.3) is 0 Å². The van der Waals surface area contributed by atoms with Gasteiger partial charge in [0.15, 0.2) is 17.5 Å². The number of ether oxygens (including phenoxy) is 3. The second-order valence-corrected chi connectivity index (χ2v) is 6.76. The molecule has 142 valence electrons. The molecular weight excluding hydrogens is 433 g/mol. The number of nitrogens with one attached hydrogen (secondary N) is 1. The molecule has 1 aliphatic rings. The second kappa shape index (κ2) is 9.35. The summed E-state index contributed by atoms with van der Waals surface area (Å²) in [7, 11) is 6.72. The third-order valence-corrected chi connectivity index (χ3v) is 4.41. The van der Waals surface area contributed by atoms with E-state index in [1.54, 1.807) is 21.3 Å². The number of methoxy groups -OCH3 is 3. The molecule has 6 nitrogen and oxygen atoms in total. The maximum absolute atomic E-state index is 5.48. The monoisotopic (exact) mass is 463 g/mol. The van der Waals surface area contributed by atoms with E-state index in [2.05, 4.69) is 29.1 Å². The number of likely N-dealkylation sites (tertiary alicyclic amines) is 1. The molecule has 0 amide bonds. The Morgan fingerprint density at radius 3 is 2.20 bits per heavy atom. The van der Waals surface area contributed by atoms with Crippen molar-refractivity contribution in [3.63, 3.8) is 0 Å². The highest BCUT2D eigenvalue weighted by Gasteiger charge is 2.30. The third kappa shape index (κ3) is 5.29. The van der Waals surface area contributed by atoms with E-state index >= 15 is 0 Å². The topological polar surface area (TPSA) is 55.3 Å². The minimum absolute atomic E-state index is 0. The molecule has 1 fully saturated rings. The molecule has 0 spiro atoms. The maximum Gasteiger partial charge on any atom is 0.193 e. The van der Waals surface area contributed by atoms with E-state index in [-0.39, 0.29) is 24.0 Å². The zero-order chi connectivity index (χ0) is 17.7. The van der Waals surface area contributed by atoms with Crippen molar-refractivity contribution < 1.29 is 14.2 Å². The average Bonchev–Trinajstić information content (AvgIpc) is 2.94. The van der Waals surface area contributed by atoms with Crippen molar-refractivity contribution in [2.45, 2.75) is 26.8 Å². The molecule has 0 atom stereocenters. The van der Waals surface area contributed by atoms with Crippen molar-refractivity contribution in [3.8, 4) is 17.2 Å². The molecule has 1 aromatic rings. The summed E-state index contributed by atoms with van der Waals surface area (Å²) in [5, 5.41) is 3.43. The Bertz CT molecular complexity index is 605. The van der Waals surface area contributed by atoms with Crippen molar-refractivity contribution in [2.24, 2.45) is 10.4 Å². The fraction of sp³-hybridized carbons (Fsp3) is 0.611. The van der Waals surface area contributed by atoms with Crippen LogP contribution in [0.1, 0.15) is 25.8 Å². The summed E-state index contributed by atoms with van der Waals surface area (Å²) in [6, 6.07) is 3.78. The molecule has 0 aliphatic carbocycles. The molecule has 1 heterocycles. The normalized spacial score (nSPS) is 16.2. The van der Waals surface area contributed by atoms with Crippen LogP contribution in [0.3, 0.4) is 0 Å². The van der Waals surface area contributed by atoms with Gasteiger partial charge in [-0.15, -0.1) is 24.0 Å². The van der Waals surface area contributed by atoms with E-state index in [0.29, 0.717) is 23.5 Å². The molecule has 7 heteroatoms. The molecule has 1 aliphatic heterocycles. The van der Waals surface area contributed by atoms with Gasteiger partial charge in [0.2, 0.25) is 0 Å². The SMILES string of the molecule is CN=C(NCc1cc(OC)c(OC)cc1OC)N1CCC(C)(C)C1.I. The number of rotatable bonds is 5. The van der Waals surface area contributed by atoms with Gasteiger partial charge in [0.1, 0.15) is 5.75 Å². The fourth-order valence-electron chi connectivity index (χ4n) is 3.03. The Kier molecular flexibility index (Phi) is 8.11. The first-order chi connectivity index (χ1) is 11.4. The highest BCUT2D eigenvalue weighted by atomic mass is 127. The Morgan fingerprint density at radius 2 is 1.72 bits per heavy atom. The molecule has 0 aromatic heterocycles. The molecule has 25 heavy (non-hydrogen) atoms. The lowest BCUT2D eigenvalue weighted by Gasteiger charge is -2.24. The standard InChI is InChI=1S/C18H29N3O3.HI/c1-18(2)7-8-21(12-18)17(19-3)20-11-13-9-15(23-5)16(24-6)10-14(13)22-4;/h9-10H,7-8,11-12H2,1-6H3,(H,19,20);1H. The van der Waals surface area contributed by atoms with E-state index in [0.717, 1.165) is 30.4 Å². The van der Waals surface area contributed by atoms with Crippen LogP contribution in [-0.4, -0.2) is 52.3 Å². The highest BCUT2D eigenvalue weighted by molar-refractivity contribution is 14.0. The highest BCUT2D eigenvalue weighted by Crippen LogP contribution is 2.34. The summed E-state index contributed by atoms with van der Waals surface area (Å²) in [6.07, 6.45) is 1.17. The van der Waals surface area contributed by atoms with E-state index < -0.39 is 0 Å². The van der Waals surface area contributed by atoms with E-state index in [4.69, 9.17) is 14.2 Å². The van der Waals surface area contributed by atoms with Gasteiger partial charge in [-0.2, -0.15) is 0 Å². The molecule has 0 bridgehead atoms. The summed E-state index contributed by atoms with van der Waals surface area (Å²) >= 11 is 0. The number of halogens is 1. The van der Waals surface area contributed by atoms with Crippen molar-refractivity contribution in [1.29, 1.82) is 0 Å². The largest absolute Gasteiger partial charge is 0.496 e. The summed E-state index contributed by atoms with van der Waals surface area (Å²) in [6.45, 7) is 7.22. The van der Waals surface area contributed by atoms with Gasteiger partial charge in [-0.05, 0) is 17.9 Å². The van der Waals surface area contributed by atoms with Crippen LogP contribution in [0.15, 0.2) is 17.1 Å². The van der Waals surface area contributed by atoms with E-state index in [9.17, 15) is 0 Å². The van der Waals surface area contributed by atoms with Gasteiger partial charge >= 0.3 is 0 Å². The number of nitrogens with zero attached hydrogens (tertiary/aromatic N) is 2. The molecule has 0 saturated carbocycles. The van der Waals surface area contributed by atoms with Crippen LogP contribution in [-0.2, 0) is 6.54 Å². The fourth-order valence-corrected chi connectivity index (χ4v) is 3.03. The number of benzene rings is 1. The Labute approximate surface area is 167 Å². The average molecular weight is 463 g/mol. The zero-order valence-corrected chi connectivity index (χ0v) is 18.3. The van der Waals surface area contributed by atoms with Gasteiger partial charge in [-0.3, -0.25) is 4.99 Å². The van der Waals surface area contributed by atoms with Gasteiger partial charge < -0.3 is 24.4 Å². The number of aliphatic imine (C=N–C) groups is 1. The van der Waals surface area contributed by atoms with Crippen LogP contribution >= 0.6 is 24.0 Å². The van der Waals surface area contributed by atoms with E-state index in [1.165, 1.54) is 6.42 Å². The molecular formula is C18H30IN3O3. The number of guanidine groups is 1. The van der Waals surface area contributed by atoms with Crippen molar-refractivity contribution in [1.82, 2.24) is 10.2 Å². The first kappa shape index (κ1) is 21.7. The minimum atomic E-state index is 0. The van der Waals surface area contributed by atoms with Crippen LogP contribution in [0.5, 0.6) is 17.2 Å². The summed E-state index contributed by atoms with van der Waals surface area (Å²) in [5.74, 6) is 3.02. The maximum atomic E-state index is 5.48. The smallest absolute Gasteiger partial charge is 0.193 e. The van der Waals surface area contributed by atoms with Crippen molar-refractivity contribution >= 4 is 29.9 Å². The minimum Gasteiger partial charge on any atom is -0.496 e. The van der Waals surface area contributed by atoms with Crippen LogP contribution in [0.4, 0.5) is 0 Å². The number of hydrogen-bond acceptors (Lipinski definition) is 4. The van der Waals surface area contributed by atoms with Gasteiger partial charge in [0, 0.05) is 38.3 Å². The van der Waals surface area contributed by atoms with Crippen LogP contribution in [0, 0.1) is 5.41 Å². The van der Waals surface area contributed by atoms with Crippen molar-refractivity contribution in [3.05, 3.63) is 17.7 Å². The molecule has 1 saturated heterocycles. The van der Waals surface area contributed by atoms with Gasteiger partial charge in [-0.1, -0.05) is 13.8 Å². The van der Waals surface area contributed by atoms with Crippen LogP contribution < -0.4 is 19.5 Å².